The van der Waals surface area contributed by atoms with Crippen molar-refractivity contribution in [2.24, 2.45) is 0 Å². The molecule has 1 aliphatic rings. The van der Waals surface area contributed by atoms with Crippen molar-refractivity contribution in [1.29, 1.82) is 0 Å². The number of hydrogen-bond acceptors (Lipinski definition) is 5. The fourth-order valence-electron chi connectivity index (χ4n) is 2.91. The van der Waals surface area contributed by atoms with Gasteiger partial charge in [0.2, 0.25) is 0 Å². The van der Waals surface area contributed by atoms with E-state index in [1.54, 1.807) is 12.1 Å². The highest BCUT2D eigenvalue weighted by molar-refractivity contribution is 7.91. The first-order valence-electron chi connectivity index (χ1n) is 9.04. The van der Waals surface area contributed by atoms with Gasteiger partial charge in [-0.15, -0.1) is 0 Å². The molecule has 1 aliphatic heterocycles. The molecule has 28 heavy (non-hydrogen) atoms. The highest BCUT2D eigenvalue weighted by atomic mass is 32.2. The van der Waals surface area contributed by atoms with E-state index in [9.17, 15) is 18.3 Å². The van der Waals surface area contributed by atoms with Crippen LogP contribution in [0.15, 0.2) is 52.9 Å². The Bertz CT molecular complexity index is 1010. The number of benzene rings is 2. The number of rotatable bonds is 7. The fraction of sp³-hybridized carbons (Fsp3) is 0.286. The van der Waals surface area contributed by atoms with Crippen molar-refractivity contribution < 1.29 is 27.8 Å². The Hall–Kier alpha value is -2.80. The minimum atomic E-state index is -3.53. The molecule has 0 aromatic heterocycles. The van der Waals surface area contributed by atoms with E-state index >= 15 is 0 Å². The third-order valence-corrected chi connectivity index (χ3v) is 6.12. The number of ether oxygens (including phenoxy) is 2. The number of hydrogen-bond donors (Lipinski definition) is 1. The number of fused-ring (bicyclic) bond motifs is 1. The molecule has 0 radical (unpaired) electrons. The zero-order valence-corrected chi connectivity index (χ0v) is 16.4. The number of carbonyl (C=O) groups is 1. The van der Waals surface area contributed by atoms with E-state index in [0.29, 0.717) is 17.9 Å². The van der Waals surface area contributed by atoms with E-state index in [1.165, 1.54) is 12.1 Å². The van der Waals surface area contributed by atoms with Gasteiger partial charge < -0.3 is 14.6 Å². The summed E-state index contributed by atoms with van der Waals surface area (Å²) >= 11 is 0. The van der Waals surface area contributed by atoms with Crippen molar-refractivity contribution in [2.45, 2.75) is 31.3 Å². The van der Waals surface area contributed by atoms with Crippen LogP contribution in [-0.2, 0) is 21.2 Å². The van der Waals surface area contributed by atoms with Gasteiger partial charge in [-0.1, -0.05) is 19.1 Å². The van der Waals surface area contributed by atoms with Crippen molar-refractivity contribution in [2.75, 3.05) is 12.4 Å². The van der Waals surface area contributed by atoms with Gasteiger partial charge in [0, 0.05) is 5.57 Å². The van der Waals surface area contributed by atoms with E-state index in [-0.39, 0.29) is 29.2 Å². The van der Waals surface area contributed by atoms with Crippen molar-refractivity contribution in [3.8, 4) is 11.5 Å². The number of sulfone groups is 1. The lowest BCUT2D eigenvalue weighted by Gasteiger charge is -2.11. The third-order valence-electron chi connectivity index (χ3n) is 4.34. The van der Waals surface area contributed by atoms with Crippen LogP contribution in [0.25, 0.3) is 6.08 Å². The molecule has 148 valence electrons. The van der Waals surface area contributed by atoms with Crippen molar-refractivity contribution in [3.63, 3.8) is 0 Å². The summed E-state index contributed by atoms with van der Waals surface area (Å²) in [4.78, 5) is 11.5. The number of aliphatic carboxylic acids is 1. The molecule has 0 unspecified atom stereocenters. The highest BCUT2D eigenvalue weighted by Gasteiger charge is 2.24. The average molecular weight is 402 g/mol. The molecule has 0 aliphatic carbocycles. The zero-order chi connectivity index (χ0) is 20.1. The van der Waals surface area contributed by atoms with Crippen LogP contribution < -0.4 is 9.47 Å². The molecule has 1 N–H and O–H groups in total. The monoisotopic (exact) mass is 402 g/mol. The van der Waals surface area contributed by atoms with Gasteiger partial charge in [-0.05, 0) is 60.4 Å². The fourth-order valence-corrected chi connectivity index (χ4v) is 4.37. The van der Waals surface area contributed by atoms with Gasteiger partial charge in [0.05, 0.1) is 17.3 Å². The van der Waals surface area contributed by atoms with Crippen LogP contribution >= 0.6 is 0 Å². The maximum atomic E-state index is 12.4. The zero-order valence-electron chi connectivity index (χ0n) is 15.6. The molecule has 0 saturated heterocycles. The lowest BCUT2D eigenvalue weighted by Crippen LogP contribution is -2.08. The predicted octanol–water partition coefficient (Wildman–Crippen LogP) is 3.70. The summed E-state index contributed by atoms with van der Waals surface area (Å²) in [5.41, 5.74) is 1.32. The molecule has 0 spiro atoms. The van der Waals surface area contributed by atoms with E-state index in [4.69, 9.17) is 9.47 Å². The summed E-state index contributed by atoms with van der Waals surface area (Å²) in [5.74, 6) is -0.0944. The Morgan fingerprint density at radius 1 is 1.11 bits per heavy atom. The van der Waals surface area contributed by atoms with Crippen LogP contribution in [0.2, 0.25) is 0 Å². The third kappa shape index (κ3) is 4.72. The maximum absolute atomic E-state index is 12.4. The first kappa shape index (κ1) is 19.9. The Balaban J connectivity index is 1.81. The molecule has 3 rings (SSSR count). The van der Waals surface area contributed by atoms with E-state index < -0.39 is 15.8 Å². The van der Waals surface area contributed by atoms with Crippen molar-refractivity contribution >= 4 is 21.9 Å². The van der Waals surface area contributed by atoms with Crippen molar-refractivity contribution in [3.05, 3.63) is 59.2 Å². The molecule has 0 bridgehead atoms. The van der Waals surface area contributed by atoms with Gasteiger partial charge in [-0.25, -0.2) is 13.2 Å². The lowest BCUT2D eigenvalue weighted by molar-refractivity contribution is -0.132. The average Bonchev–Trinajstić information content (AvgIpc) is 2.81. The highest BCUT2D eigenvalue weighted by Crippen LogP contribution is 2.30. The SMILES string of the molecule is CCCOc1cccc(COc2ccc3c(c2)C=C(C(=O)O)CCS3(=O)=O)c1. The molecule has 0 atom stereocenters. The molecule has 2 aromatic carbocycles. The molecule has 0 fully saturated rings. The summed E-state index contributed by atoms with van der Waals surface area (Å²) in [5, 5.41) is 9.26. The molecule has 0 amide bonds. The summed E-state index contributed by atoms with van der Waals surface area (Å²) < 4.78 is 36.2. The van der Waals surface area contributed by atoms with E-state index in [0.717, 1.165) is 17.7 Å². The van der Waals surface area contributed by atoms with Crippen LogP contribution in [0.3, 0.4) is 0 Å². The maximum Gasteiger partial charge on any atom is 0.331 e. The Kier molecular flexibility index (Phi) is 6.04. The lowest BCUT2D eigenvalue weighted by atomic mass is 10.1. The minimum absolute atomic E-state index is 0.0207. The second-order valence-electron chi connectivity index (χ2n) is 6.53. The Morgan fingerprint density at radius 2 is 1.89 bits per heavy atom. The second kappa shape index (κ2) is 8.48. The Morgan fingerprint density at radius 3 is 2.64 bits per heavy atom. The minimum Gasteiger partial charge on any atom is -0.494 e. The quantitative estimate of drug-likeness (QED) is 0.759. The van der Waals surface area contributed by atoms with E-state index in [2.05, 4.69) is 0 Å². The number of carboxylic acid groups (broad SMARTS) is 1. The second-order valence-corrected chi connectivity index (χ2v) is 8.61. The summed E-state index contributed by atoms with van der Waals surface area (Å²) in [6.45, 7) is 2.96. The van der Waals surface area contributed by atoms with Gasteiger partial charge in [0.1, 0.15) is 18.1 Å². The van der Waals surface area contributed by atoms with Gasteiger partial charge in [0.25, 0.3) is 0 Å². The van der Waals surface area contributed by atoms with Crippen LogP contribution in [0.1, 0.15) is 30.9 Å². The van der Waals surface area contributed by atoms with Gasteiger partial charge in [0.15, 0.2) is 9.84 Å². The Labute approximate surface area is 164 Å². The predicted molar refractivity (Wildman–Crippen MR) is 105 cm³/mol. The summed E-state index contributed by atoms with van der Waals surface area (Å²) in [7, 11) is -3.53. The van der Waals surface area contributed by atoms with Crippen LogP contribution in [0.4, 0.5) is 0 Å². The van der Waals surface area contributed by atoms with Gasteiger partial charge >= 0.3 is 5.97 Å². The topological polar surface area (TPSA) is 89.9 Å². The summed E-state index contributed by atoms with van der Waals surface area (Å²) in [6.07, 6.45) is 2.31. The smallest absolute Gasteiger partial charge is 0.331 e. The van der Waals surface area contributed by atoms with Crippen LogP contribution in [0.5, 0.6) is 11.5 Å². The molecule has 1 heterocycles. The van der Waals surface area contributed by atoms with E-state index in [1.807, 2.05) is 31.2 Å². The van der Waals surface area contributed by atoms with Crippen LogP contribution in [0, 0.1) is 0 Å². The standard InChI is InChI=1S/C21H22O6S/c1-2-9-26-18-5-3-4-15(11-18)14-27-19-6-7-20-17(13-19)12-16(21(22)23)8-10-28(20,24)25/h3-7,11-13H,2,8-10,14H2,1H3,(H,22,23). The number of carboxylic acids is 1. The largest absolute Gasteiger partial charge is 0.494 e. The normalized spacial score (nSPS) is 15.1. The summed E-state index contributed by atoms with van der Waals surface area (Å²) in [6, 6.07) is 12.2. The molecule has 0 saturated carbocycles. The van der Waals surface area contributed by atoms with Crippen LogP contribution in [-0.4, -0.2) is 31.9 Å². The van der Waals surface area contributed by atoms with Gasteiger partial charge in [-0.2, -0.15) is 0 Å². The molecular formula is C21H22O6S. The molecule has 2 aromatic rings. The first-order chi connectivity index (χ1) is 13.4. The molecular weight excluding hydrogens is 380 g/mol. The first-order valence-corrected chi connectivity index (χ1v) is 10.7. The van der Waals surface area contributed by atoms with Crippen molar-refractivity contribution in [1.82, 2.24) is 0 Å². The molecule has 7 heteroatoms. The van der Waals surface area contributed by atoms with Gasteiger partial charge in [-0.3, -0.25) is 0 Å². The molecule has 6 nitrogen and oxygen atoms in total.